The van der Waals surface area contributed by atoms with Gasteiger partial charge in [-0.05, 0) is 18.6 Å². The van der Waals surface area contributed by atoms with Crippen LogP contribution in [0.15, 0.2) is 24.3 Å². The molecule has 1 aromatic carbocycles. The molecule has 3 N–H and O–H groups in total. The molecule has 6 heteroatoms. The van der Waals surface area contributed by atoms with Crippen molar-refractivity contribution in [3.63, 3.8) is 0 Å². The minimum absolute atomic E-state index is 0.0689. The van der Waals surface area contributed by atoms with Gasteiger partial charge in [0.2, 0.25) is 0 Å². The molecule has 2 rings (SSSR count). The van der Waals surface area contributed by atoms with Gasteiger partial charge in [-0.15, -0.1) is 0 Å². The van der Waals surface area contributed by atoms with E-state index >= 15 is 0 Å². The number of benzene rings is 1. The first-order valence-electron chi connectivity index (χ1n) is 5.97. The van der Waals surface area contributed by atoms with Crippen LogP contribution < -0.4 is 15.8 Å². The zero-order valence-corrected chi connectivity index (χ0v) is 10.9. The van der Waals surface area contributed by atoms with Gasteiger partial charge in [-0.2, -0.15) is 0 Å². The largest absolute Gasteiger partial charge is 0.492 e. The Hall–Kier alpha value is -1.27. The van der Waals surface area contributed by atoms with Gasteiger partial charge in [0.25, 0.3) is 0 Å². The van der Waals surface area contributed by atoms with Crippen molar-refractivity contribution in [1.29, 1.82) is 0 Å². The van der Waals surface area contributed by atoms with Gasteiger partial charge in [0.05, 0.1) is 11.5 Å². The van der Waals surface area contributed by atoms with E-state index in [1.807, 2.05) is 12.1 Å². The normalized spacial score (nSPS) is 21.9. The Labute approximate surface area is 107 Å². The van der Waals surface area contributed by atoms with Crippen molar-refractivity contribution < 1.29 is 13.2 Å². The first-order chi connectivity index (χ1) is 8.55. The molecule has 0 bridgehead atoms. The maximum Gasteiger partial charge on any atom is 0.151 e. The second-order valence-electron chi connectivity index (χ2n) is 4.48. The van der Waals surface area contributed by atoms with E-state index in [9.17, 15) is 8.42 Å². The van der Waals surface area contributed by atoms with E-state index < -0.39 is 9.84 Å². The topological polar surface area (TPSA) is 81.4 Å². The van der Waals surface area contributed by atoms with Gasteiger partial charge in [0.15, 0.2) is 9.84 Å². The minimum Gasteiger partial charge on any atom is -0.492 e. The average Bonchev–Trinajstić information content (AvgIpc) is 2.65. The molecule has 1 fully saturated rings. The molecule has 0 amide bonds. The lowest BCUT2D eigenvalue weighted by Crippen LogP contribution is -2.33. The molecule has 1 unspecified atom stereocenters. The standard InChI is InChI=1S/C12H18N2O3S/c13-10-2-1-3-12(8-10)17-6-5-14-11-4-7-18(15,16)9-11/h1-3,8,11,14H,4-7,9,13H2. The Bertz CT molecular complexity index is 502. The molecule has 1 heterocycles. The summed E-state index contributed by atoms with van der Waals surface area (Å²) >= 11 is 0. The smallest absolute Gasteiger partial charge is 0.151 e. The van der Waals surface area contributed by atoms with Gasteiger partial charge in [-0.3, -0.25) is 0 Å². The Morgan fingerprint density at radius 2 is 2.28 bits per heavy atom. The van der Waals surface area contributed by atoms with Gasteiger partial charge in [-0.1, -0.05) is 6.07 Å². The van der Waals surface area contributed by atoms with Crippen LogP contribution in [0.3, 0.4) is 0 Å². The lowest BCUT2D eigenvalue weighted by atomic mass is 10.3. The molecule has 0 aliphatic carbocycles. The molecule has 1 atom stereocenters. The molecule has 18 heavy (non-hydrogen) atoms. The van der Waals surface area contributed by atoms with E-state index in [2.05, 4.69) is 5.32 Å². The summed E-state index contributed by atoms with van der Waals surface area (Å²) in [6.07, 6.45) is 0.695. The second kappa shape index (κ2) is 5.58. The highest BCUT2D eigenvalue weighted by atomic mass is 32.2. The van der Waals surface area contributed by atoms with Crippen LogP contribution in [0.2, 0.25) is 0 Å². The maximum atomic E-state index is 11.2. The van der Waals surface area contributed by atoms with E-state index in [4.69, 9.17) is 10.5 Å². The summed E-state index contributed by atoms with van der Waals surface area (Å²) in [4.78, 5) is 0. The summed E-state index contributed by atoms with van der Waals surface area (Å²) in [7, 11) is -2.81. The molecule has 1 aliphatic heterocycles. The molecule has 0 radical (unpaired) electrons. The van der Waals surface area contributed by atoms with Crippen molar-refractivity contribution >= 4 is 15.5 Å². The highest BCUT2D eigenvalue weighted by Crippen LogP contribution is 2.14. The number of anilines is 1. The fraction of sp³-hybridized carbons (Fsp3) is 0.500. The molecular weight excluding hydrogens is 252 g/mol. The van der Waals surface area contributed by atoms with E-state index in [1.165, 1.54) is 0 Å². The van der Waals surface area contributed by atoms with Crippen LogP contribution in [-0.4, -0.2) is 39.1 Å². The van der Waals surface area contributed by atoms with E-state index in [0.29, 0.717) is 31.0 Å². The van der Waals surface area contributed by atoms with Crippen LogP contribution in [-0.2, 0) is 9.84 Å². The molecular formula is C12H18N2O3S. The van der Waals surface area contributed by atoms with Crippen molar-refractivity contribution in [2.45, 2.75) is 12.5 Å². The fourth-order valence-electron chi connectivity index (χ4n) is 1.99. The number of nitrogens with two attached hydrogens (primary N) is 1. The van der Waals surface area contributed by atoms with Gasteiger partial charge in [0.1, 0.15) is 12.4 Å². The zero-order chi connectivity index (χ0) is 13.0. The molecule has 1 aromatic rings. The molecule has 0 aromatic heterocycles. The summed E-state index contributed by atoms with van der Waals surface area (Å²) in [5, 5.41) is 3.19. The number of hydrogen-bond donors (Lipinski definition) is 2. The molecule has 0 saturated carbocycles. The predicted octanol–water partition coefficient (Wildman–Crippen LogP) is 0.424. The summed E-state index contributed by atoms with van der Waals surface area (Å²) in [6, 6.07) is 7.31. The van der Waals surface area contributed by atoms with Crippen LogP contribution in [0.25, 0.3) is 0 Å². The van der Waals surface area contributed by atoms with Crippen LogP contribution >= 0.6 is 0 Å². The average molecular weight is 270 g/mol. The number of nitrogen functional groups attached to an aromatic ring is 1. The highest BCUT2D eigenvalue weighted by molar-refractivity contribution is 7.91. The lowest BCUT2D eigenvalue weighted by Gasteiger charge is -2.11. The Kier molecular flexibility index (Phi) is 4.08. The van der Waals surface area contributed by atoms with Crippen molar-refractivity contribution in [3.8, 4) is 5.75 Å². The van der Waals surface area contributed by atoms with Crippen LogP contribution in [0.4, 0.5) is 5.69 Å². The van der Waals surface area contributed by atoms with Crippen molar-refractivity contribution in [1.82, 2.24) is 5.32 Å². The van der Waals surface area contributed by atoms with Crippen molar-refractivity contribution in [2.24, 2.45) is 0 Å². The van der Waals surface area contributed by atoms with Crippen LogP contribution in [0, 0.1) is 0 Å². The summed E-state index contributed by atoms with van der Waals surface area (Å²) < 4.78 is 28.0. The summed E-state index contributed by atoms with van der Waals surface area (Å²) in [5.41, 5.74) is 6.30. The third kappa shape index (κ3) is 3.89. The summed E-state index contributed by atoms with van der Waals surface area (Å²) in [5.74, 6) is 1.27. The molecule has 5 nitrogen and oxygen atoms in total. The number of nitrogens with one attached hydrogen (secondary N) is 1. The number of hydrogen-bond acceptors (Lipinski definition) is 5. The van der Waals surface area contributed by atoms with Crippen LogP contribution in [0.1, 0.15) is 6.42 Å². The number of sulfone groups is 1. The Morgan fingerprint density at radius 1 is 1.44 bits per heavy atom. The van der Waals surface area contributed by atoms with Gasteiger partial charge >= 0.3 is 0 Å². The van der Waals surface area contributed by atoms with E-state index in [1.54, 1.807) is 12.1 Å². The second-order valence-corrected chi connectivity index (χ2v) is 6.70. The number of rotatable bonds is 5. The van der Waals surface area contributed by atoms with Gasteiger partial charge < -0.3 is 15.8 Å². The minimum atomic E-state index is -2.81. The summed E-state index contributed by atoms with van der Waals surface area (Å²) in [6.45, 7) is 1.13. The molecule has 1 saturated heterocycles. The Balaban J connectivity index is 1.68. The van der Waals surface area contributed by atoms with Crippen molar-refractivity contribution in [3.05, 3.63) is 24.3 Å². The first-order valence-corrected chi connectivity index (χ1v) is 7.79. The molecule has 1 aliphatic rings. The van der Waals surface area contributed by atoms with Crippen molar-refractivity contribution in [2.75, 3.05) is 30.4 Å². The first kappa shape index (κ1) is 13.2. The third-order valence-corrected chi connectivity index (χ3v) is 4.66. The molecule has 100 valence electrons. The quantitative estimate of drug-likeness (QED) is 0.599. The zero-order valence-electron chi connectivity index (χ0n) is 10.1. The molecule has 0 spiro atoms. The van der Waals surface area contributed by atoms with E-state index in [-0.39, 0.29) is 11.8 Å². The lowest BCUT2D eigenvalue weighted by molar-refractivity contribution is 0.307. The Morgan fingerprint density at radius 3 is 2.94 bits per heavy atom. The van der Waals surface area contributed by atoms with Gasteiger partial charge in [0, 0.05) is 24.3 Å². The van der Waals surface area contributed by atoms with Crippen LogP contribution in [0.5, 0.6) is 5.75 Å². The third-order valence-electron chi connectivity index (χ3n) is 2.89. The van der Waals surface area contributed by atoms with E-state index in [0.717, 1.165) is 5.75 Å². The SMILES string of the molecule is Nc1cccc(OCCNC2CCS(=O)(=O)C2)c1. The maximum absolute atomic E-state index is 11.2. The highest BCUT2D eigenvalue weighted by Gasteiger charge is 2.26. The number of ether oxygens (including phenoxy) is 1. The monoisotopic (exact) mass is 270 g/mol. The fourth-order valence-corrected chi connectivity index (χ4v) is 3.70. The van der Waals surface area contributed by atoms with Gasteiger partial charge in [-0.25, -0.2) is 8.42 Å². The predicted molar refractivity (Wildman–Crippen MR) is 71.4 cm³/mol.